The molecule has 122 valence electrons. The van der Waals surface area contributed by atoms with E-state index in [1.807, 2.05) is 0 Å². The van der Waals surface area contributed by atoms with Gasteiger partial charge in [0.25, 0.3) is 0 Å². The van der Waals surface area contributed by atoms with Crippen molar-refractivity contribution in [3.05, 3.63) is 0 Å². The Hall–Kier alpha value is -0.910. The lowest BCUT2D eigenvalue weighted by Crippen LogP contribution is -2.40. The van der Waals surface area contributed by atoms with Gasteiger partial charge in [-0.15, -0.1) is 0 Å². The molecule has 1 heterocycles. The normalized spacial score (nSPS) is 19.3. The topological polar surface area (TPSA) is 79.2 Å². The van der Waals surface area contributed by atoms with Crippen LogP contribution in [0.15, 0.2) is 0 Å². The molecule has 2 N–H and O–H groups in total. The number of esters is 1. The second-order valence-corrected chi connectivity index (χ2v) is 7.22. The van der Waals surface area contributed by atoms with Crippen molar-refractivity contribution in [1.29, 1.82) is 4.78 Å². The molecule has 0 spiro atoms. The number of amides is 1. The van der Waals surface area contributed by atoms with Crippen molar-refractivity contribution >= 4 is 22.6 Å². The van der Waals surface area contributed by atoms with E-state index in [0.717, 1.165) is 18.6 Å². The van der Waals surface area contributed by atoms with E-state index in [1.165, 1.54) is 32.1 Å². The van der Waals surface area contributed by atoms with E-state index in [9.17, 15) is 9.59 Å². The summed E-state index contributed by atoms with van der Waals surface area (Å²) in [6, 6.07) is -0.493. The summed E-state index contributed by atoms with van der Waals surface area (Å²) < 4.78 is 12.7. The first-order chi connectivity index (χ1) is 10.1. The number of ether oxygens (including phenoxy) is 1. The average Bonchev–Trinajstić information content (AvgIpc) is 2.83. The van der Waals surface area contributed by atoms with Gasteiger partial charge in [0.15, 0.2) is 0 Å². The molecule has 1 unspecified atom stereocenters. The maximum atomic E-state index is 11.7. The van der Waals surface area contributed by atoms with Gasteiger partial charge in [-0.25, -0.2) is 4.79 Å². The van der Waals surface area contributed by atoms with Gasteiger partial charge < -0.3 is 10.1 Å². The number of carbonyl (C=O) groups is 2. The quantitative estimate of drug-likeness (QED) is 0.454. The fourth-order valence-corrected chi connectivity index (χ4v) is 3.42. The van der Waals surface area contributed by atoms with Gasteiger partial charge in [-0.1, -0.05) is 56.1 Å². The number of hydrogen-bond acceptors (Lipinski definition) is 4. The molecule has 0 radical (unpaired) electrons. The van der Waals surface area contributed by atoms with Crippen LogP contribution < -0.4 is 5.32 Å². The zero-order chi connectivity index (χ0) is 15.5. The fraction of sp³-hybridized carbons (Fsp3) is 0.867. The standard InChI is InChI=1S/C15H28N2O3S/c1-2-3-4-5-6-7-8-11-21(16)12-14(18)17-13-9-10-20-15(13)19/h13,16H,2-12H2,1H3,(H,17,18)/t13-,21?/m0/s1. The minimum Gasteiger partial charge on any atom is -0.464 e. The molecule has 1 rings (SSSR count). The summed E-state index contributed by atoms with van der Waals surface area (Å²) in [6.45, 7) is 2.59. The number of hydrogen-bond donors (Lipinski definition) is 2. The van der Waals surface area contributed by atoms with Crippen LogP contribution in [0.2, 0.25) is 0 Å². The molecule has 1 saturated heterocycles. The molecule has 21 heavy (non-hydrogen) atoms. The molecule has 0 aromatic carbocycles. The SMILES string of the molecule is CCCCCCCCCS(=N)CC(=O)N[C@H]1CCOC1=O. The molecular weight excluding hydrogens is 288 g/mol. The molecule has 1 aliphatic heterocycles. The second kappa shape index (κ2) is 10.8. The molecule has 1 amide bonds. The number of nitrogens with one attached hydrogen (secondary N) is 2. The Bertz CT molecular complexity index is 361. The molecule has 0 saturated carbocycles. The van der Waals surface area contributed by atoms with Crippen molar-refractivity contribution in [2.75, 3.05) is 18.1 Å². The van der Waals surface area contributed by atoms with Crippen LogP contribution in [-0.2, 0) is 25.0 Å². The summed E-state index contributed by atoms with van der Waals surface area (Å²) >= 11 is 0. The van der Waals surface area contributed by atoms with E-state index in [-0.39, 0.29) is 17.6 Å². The van der Waals surface area contributed by atoms with E-state index in [2.05, 4.69) is 12.2 Å². The third kappa shape index (κ3) is 8.19. The van der Waals surface area contributed by atoms with Gasteiger partial charge >= 0.3 is 5.97 Å². The lowest BCUT2D eigenvalue weighted by atomic mass is 10.1. The van der Waals surface area contributed by atoms with Gasteiger partial charge in [0.1, 0.15) is 6.04 Å². The fourth-order valence-electron chi connectivity index (χ4n) is 2.33. The van der Waals surface area contributed by atoms with E-state index in [4.69, 9.17) is 9.52 Å². The summed E-state index contributed by atoms with van der Waals surface area (Å²) in [5.41, 5.74) is 0. The minimum absolute atomic E-state index is 0.194. The Labute approximate surface area is 130 Å². The highest BCUT2D eigenvalue weighted by Crippen LogP contribution is 2.08. The van der Waals surface area contributed by atoms with Crippen molar-refractivity contribution in [2.24, 2.45) is 0 Å². The van der Waals surface area contributed by atoms with E-state index < -0.39 is 16.7 Å². The highest BCUT2D eigenvalue weighted by molar-refractivity contribution is 7.86. The van der Waals surface area contributed by atoms with Crippen molar-refractivity contribution in [3.63, 3.8) is 0 Å². The van der Waals surface area contributed by atoms with Gasteiger partial charge in [-0.05, 0) is 6.42 Å². The zero-order valence-electron chi connectivity index (χ0n) is 13.0. The minimum atomic E-state index is -0.634. The Balaban J connectivity index is 2.02. The molecule has 6 heteroatoms. The number of carbonyl (C=O) groups excluding carboxylic acids is 2. The van der Waals surface area contributed by atoms with Crippen LogP contribution in [0, 0.1) is 4.78 Å². The van der Waals surface area contributed by atoms with Gasteiger partial charge in [0, 0.05) is 12.2 Å². The Morgan fingerprint density at radius 3 is 2.57 bits per heavy atom. The molecule has 2 atom stereocenters. The first kappa shape index (κ1) is 18.1. The molecule has 0 aromatic rings. The Morgan fingerprint density at radius 2 is 1.95 bits per heavy atom. The van der Waals surface area contributed by atoms with Gasteiger partial charge in [0.05, 0.1) is 12.4 Å². The average molecular weight is 316 g/mol. The highest BCUT2D eigenvalue weighted by Gasteiger charge is 2.27. The van der Waals surface area contributed by atoms with Crippen LogP contribution in [0.4, 0.5) is 0 Å². The van der Waals surface area contributed by atoms with Crippen LogP contribution >= 0.6 is 0 Å². The van der Waals surface area contributed by atoms with Crippen LogP contribution in [-0.4, -0.2) is 36.0 Å². The lowest BCUT2D eigenvalue weighted by Gasteiger charge is -2.10. The summed E-state index contributed by atoms with van der Waals surface area (Å²) in [6.07, 6.45) is 9.13. The molecule has 0 bridgehead atoms. The van der Waals surface area contributed by atoms with Gasteiger partial charge in [-0.2, -0.15) is 0 Å². The van der Waals surface area contributed by atoms with E-state index in [0.29, 0.717) is 13.0 Å². The largest absolute Gasteiger partial charge is 0.464 e. The summed E-state index contributed by atoms with van der Waals surface area (Å²) in [4.78, 5) is 23.0. The first-order valence-electron chi connectivity index (χ1n) is 7.98. The van der Waals surface area contributed by atoms with Crippen molar-refractivity contribution in [2.45, 2.75) is 64.3 Å². The van der Waals surface area contributed by atoms with Crippen LogP contribution in [0.1, 0.15) is 58.3 Å². The third-order valence-electron chi connectivity index (χ3n) is 3.57. The van der Waals surface area contributed by atoms with Gasteiger partial charge in [0.2, 0.25) is 5.91 Å². The number of rotatable bonds is 11. The van der Waals surface area contributed by atoms with Crippen molar-refractivity contribution in [1.82, 2.24) is 5.32 Å². The number of cyclic esters (lactones) is 1. The Morgan fingerprint density at radius 1 is 1.29 bits per heavy atom. The van der Waals surface area contributed by atoms with Crippen LogP contribution in [0.5, 0.6) is 0 Å². The van der Waals surface area contributed by atoms with Crippen LogP contribution in [0.25, 0.3) is 0 Å². The molecular formula is C15H28N2O3S. The molecule has 0 aromatic heterocycles. The zero-order valence-corrected chi connectivity index (χ0v) is 13.8. The predicted molar refractivity (Wildman–Crippen MR) is 85.3 cm³/mol. The second-order valence-electron chi connectivity index (χ2n) is 5.54. The van der Waals surface area contributed by atoms with E-state index in [1.54, 1.807) is 0 Å². The maximum absolute atomic E-state index is 11.7. The summed E-state index contributed by atoms with van der Waals surface area (Å²) in [7, 11) is -0.634. The Kier molecular flexibility index (Phi) is 9.30. The molecule has 1 fully saturated rings. The van der Waals surface area contributed by atoms with Crippen molar-refractivity contribution in [3.8, 4) is 0 Å². The smallest absolute Gasteiger partial charge is 0.328 e. The molecule has 0 aliphatic carbocycles. The lowest BCUT2D eigenvalue weighted by molar-refractivity contribution is -0.141. The number of unbranched alkanes of at least 4 members (excludes halogenated alkanes) is 6. The highest BCUT2D eigenvalue weighted by atomic mass is 32.2. The predicted octanol–water partition coefficient (Wildman–Crippen LogP) is 2.55. The van der Waals surface area contributed by atoms with Crippen LogP contribution in [0.3, 0.4) is 0 Å². The summed E-state index contributed by atoms with van der Waals surface area (Å²) in [5.74, 6) is 0.455. The van der Waals surface area contributed by atoms with Gasteiger partial charge in [-0.3, -0.25) is 9.57 Å². The monoisotopic (exact) mass is 316 g/mol. The molecule has 1 aliphatic rings. The summed E-state index contributed by atoms with van der Waals surface area (Å²) in [5, 5.41) is 2.66. The van der Waals surface area contributed by atoms with E-state index >= 15 is 0 Å². The third-order valence-corrected chi connectivity index (χ3v) is 4.96. The maximum Gasteiger partial charge on any atom is 0.328 e. The van der Waals surface area contributed by atoms with Crippen molar-refractivity contribution < 1.29 is 14.3 Å². The first-order valence-corrected chi connectivity index (χ1v) is 9.54. The molecule has 5 nitrogen and oxygen atoms in total.